The number of hydrogen-bond donors (Lipinski definition) is 1. The lowest BCUT2D eigenvalue weighted by atomic mass is 10.0. The Balaban J connectivity index is 1.48. The summed E-state index contributed by atoms with van der Waals surface area (Å²) < 4.78 is 30.5. The number of aryl methyl sites for hydroxylation is 1. The topological polar surface area (TPSA) is 104 Å². The van der Waals surface area contributed by atoms with Crippen LogP contribution in [0.3, 0.4) is 0 Å². The predicted molar refractivity (Wildman–Crippen MR) is 111 cm³/mol. The third-order valence-electron chi connectivity index (χ3n) is 6.71. The van der Waals surface area contributed by atoms with Crippen LogP contribution in [0.5, 0.6) is 0 Å². The molecule has 0 amide bonds. The molecule has 2 bridgehead atoms. The van der Waals surface area contributed by atoms with Gasteiger partial charge in [-0.1, -0.05) is 0 Å². The molecule has 2 fully saturated rings. The molecule has 5 rings (SSSR count). The van der Waals surface area contributed by atoms with Gasteiger partial charge in [0.2, 0.25) is 16.0 Å². The summed E-state index contributed by atoms with van der Waals surface area (Å²) in [4.78, 5) is 11.7. The number of sulfonamides is 1. The van der Waals surface area contributed by atoms with Crippen LogP contribution in [-0.4, -0.2) is 62.8 Å². The molecule has 0 unspecified atom stereocenters. The van der Waals surface area contributed by atoms with Gasteiger partial charge in [-0.05, 0) is 39.5 Å². The highest BCUT2D eigenvalue weighted by Crippen LogP contribution is 2.46. The Morgan fingerprint density at radius 3 is 2.80 bits per heavy atom. The van der Waals surface area contributed by atoms with Crippen LogP contribution in [0.25, 0.3) is 0 Å². The van der Waals surface area contributed by atoms with Crippen molar-refractivity contribution in [3.05, 3.63) is 29.3 Å². The number of nitrogens with zero attached hydrogens (tertiary/aromatic N) is 6. The van der Waals surface area contributed by atoms with Crippen molar-refractivity contribution in [2.75, 3.05) is 18.0 Å². The van der Waals surface area contributed by atoms with E-state index in [-0.39, 0.29) is 18.2 Å². The zero-order valence-electron chi connectivity index (χ0n) is 17.4. The summed E-state index contributed by atoms with van der Waals surface area (Å²) in [6.07, 6.45) is 6.86. The minimum atomic E-state index is -3.65. The lowest BCUT2D eigenvalue weighted by Crippen LogP contribution is -2.43. The normalized spacial score (nSPS) is 26.8. The summed E-state index contributed by atoms with van der Waals surface area (Å²) in [6.45, 7) is 5.79. The lowest BCUT2D eigenvalue weighted by molar-refractivity contribution is 0.153. The van der Waals surface area contributed by atoms with Crippen LogP contribution in [0.4, 0.5) is 5.95 Å². The minimum Gasteiger partial charge on any atom is -0.391 e. The Kier molecular flexibility index (Phi) is 4.83. The summed E-state index contributed by atoms with van der Waals surface area (Å²) >= 11 is 0. The second kappa shape index (κ2) is 7.28. The van der Waals surface area contributed by atoms with Crippen molar-refractivity contribution in [3.63, 3.8) is 0 Å². The maximum atomic E-state index is 13.6. The zero-order valence-corrected chi connectivity index (χ0v) is 18.2. The maximum absolute atomic E-state index is 13.6. The fraction of sp³-hybridized carbons (Fsp3) is 0.650. The van der Waals surface area contributed by atoms with E-state index in [1.54, 1.807) is 15.2 Å². The van der Waals surface area contributed by atoms with E-state index in [0.717, 1.165) is 43.5 Å². The van der Waals surface area contributed by atoms with Gasteiger partial charge in [0.25, 0.3) is 0 Å². The summed E-state index contributed by atoms with van der Waals surface area (Å²) in [6, 6.07) is -0.319. The molecule has 0 aliphatic carbocycles. The minimum absolute atomic E-state index is 0.0911. The molecule has 3 aliphatic heterocycles. The molecule has 0 spiro atoms. The van der Waals surface area contributed by atoms with Crippen molar-refractivity contribution in [2.45, 2.75) is 75.6 Å². The van der Waals surface area contributed by atoms with Crippen molar-refractivity contribution < 1.29 is 13.5 Å². The molecule has 1 N–H and O–H groups in total. The van der Waals surface area contributed by atoms with Crippen molar-refractivity contribution >= 4 is 16.0 Å². The number of aliphatic hydroxyl groups is 1. The molecule has 162 valence electrons. The largest absolute Gasteiger partial charge is 0.391 e. The van der Waals surface area contributed by atoms with E-state index in [1.807, 2.05) is 18.7 Å². The lowest BCUT2D eigenvalue weighted by Gasteiger charge is -2.35. The second-order valence-electron chi connectivity index (χ2n) is 8.51. The smallest absolute Gasteiger partial charge is 0.247 e. The van der Waals surface area contributed by atoms with Gasteiger partial charge in [0, 0.05) is 43.9 Å². The molecule has 3 atom stereocenters. The van der Waals surface area contributed by atoms with Gasteiger partial charge in [-0.15, -0.1) is 0 Å². The van der Waals surface area contributed by atoms with Crippen LogP contribution in [0.2, 0.25) is 0 Å². The second-order valence-corrected chi connectivity index (χ2v) is 10.3. The van der Waals surface area contributed by atoms with Gasteiger partial charge in [0.15, 0.2) is 0 Å². The highest BCUT2D eigenvalue weighted by molar-refractivity contribution is 7.89. The van der Waals surface area contributed by atoms with Gasteiger partial charge >= 0.3 is 0 Å². The Labute approximate surface area is 176 Å². The highest BCUT2D eigenvalue weighted by atomic mass is 32.2. The predicted octanol–water partition coefficient (Wildman–Crippen LogP) is 1.41. The van der Waals surface area contributed by atoms with Crippen LogP contribution in [-0.2, 0) is 23.0 Å². The Bertz CT molecular complexity index is 1070. The summed E-state index contributed by atoms with van der Waals surface area (Å²) in [7, 11) is -3.65. The van der Waals surface area contributed by atoms with Crippen LogP contribution >= 0.6 is 0 Å². The standard InChI is InChI=1S/C20H28N6O3S/c1-3-25-13(2)19(11-22-25)30(28,29)26-14-6-7-18(26)16-10-21-20(23-17(16)9-14)24-8-4-5-15(27)12-24/h10-11,14-15,18,27H,3-9,12H2,1-2H3/t14-,15-,18+/m0/s1. The molecule has 0 saturated carbocycles. The fourth-order valence-corrected chi connectivity index (χ4v) is 7.20. The summed E-state index contributed by atoms with van der Waals surface area (Å²) in [5.74, 6) is 0.642. The quantitative estimate of drug-likeness (QED) is 0.779. The van der Waals surface area contributed by atoms with Gasteiger partial charge in [0.05, 0.1) is 29.7 Å². The molecular weight excluding hydrogens is 404 g/mol. The first-order chi connectivity index (χ1) is 14.4. The SMILES string of the molecule is CCn1ncc(S(=O)(=O)N2[C@H]3CC[C@@H]2c2cnc(N4CCC[C@H](O)C4)nc2C3)c1C. The Morgan fingerprint density at radius 1 is 1.23 bits per heavy atom. The van der Waals surface area contributed by atoms with Crippen molar-refractivity contribution in [1.82, 2.24) is 24.1 Å². The Morgan fingerprint density at radius 2 is 2.07 bits per heavy atom. The third kappa shape index (κ3) is 3.04. The number of aromatic nitrogens is 4. The zero-order chi connectivity index (χ0) is 21.0. The third-order valence-corrected chi connectivity index (χ3v) is 8.77. The van der Waals surface area contributed by atoms with Crippen LogP contribution in [0.15, 0.2) is 17.3 Å². The molecule has 0 radical (unpaired) electrons. The molecular formula is C20H28N6O3S. The van der Waals surface area contributed by atoms with Crippen LogP contribution in [0, 0.1) is 6.92 Å². The van der Waals surface area contributed by atoms with Gasteiger partial charge in [0.1, 0.15) is 4.90 Å². The first kappa shape index (κ1) is 19.9. The van der Waals surface area contributed by atoms with Gasteiger partial charge in [-0.3, -0.25) is 4.68 Å². The van der Waals surface area contributed by atoms with Crippen LogP contribution in [0.1, 0.15) is 55.6 Å². The molecule has 2 saturated heterocycles. The molecule has 10 heteroatoms. The van der Waals surface area contributed by atoms with E-state index in [0.29, 0.717) is 36.0 Å². The fourth-order valence-electron chi connectivity index (χ4n) is 5.19. The van der Waals surface area contributed by atoms with E-state index in [9.17, 15) is 13.5 Å². The number of aliphatic hydroxyl groups excluding tert-OH is 1. The monoisotopic (exact) mass is 432 g/mol. The van der Waals surface area contributed by atoms with Gasteiger partial charge < -0.3 is 10.0 Å². The van der Waals surface area contributed by atoms with Crippen LogP contribution < -0.4 is 4.90 Å². The van der Waals surface area contributed by atoms with E-state index in [4.69, 9.17) is 4.98 Å². The molecule has 5 heterocycles. The summed E-state index contributed by atoms with van der Waals surface area (Å²) in [5, 5.41) is 14.2. The number of rotatable bonds is 4. The first-order valence-corrected chi connectivity index (χ1v) is 12.2. The number of β-amino-alcohol motifs (C(OH)–C–C–N with tert-alkyl or cyclic N) is 1. The average molecular weight is 433 g/mol. The van der Waals surface area contributed by atoms with E-state index < -0.39 is 10.0 Å². The molecule has 9 nitrogen and oxygen atoms in total. The van der Waals surface area contributed by atoms with Gasteiger partial charge in [-0.25, -0.2) is 18.4 Å². The van der Waals surface area contributed by atoms with Crippen molar-refractivity contribution in [3.8, 4) is 0 Å². The maximum Gasteiger partial charge on any atom is 0.247 e. The van der Waals surface area contributed by atoms with Gasteiger partial charge in [-0.2, -0.15) is 9.40 Å². The van der Waals surface area contributed by atoms with E-state index in [1.165, 1.54) is 6.20 Å². The Hall–Kier alpha value is -2.04. The molecule has 0 aromatic carbocycles. The number of hydrogen-bond acceptors (Lipinski definition) is 7. The molecule has 2 aromatic rings. The number of anilines is 1. The number of piperidine rings is 1. The first-order valence-electron chi connectivity index (χ1n) is 10.7. The molecule has 3 aliphatic rings. The molecule has 30 heavy (non-hydrogen) atoms. The van der Waals surface area contributed by atoms with E-state index >= 15 is 0 Å². The average Bonchev–Trinajstić information content (AvgIpc) is 3.27. The van der Waals surface area contributed by atoms with Crippen molar-refractivity contribution in [1.29, 1.82) is 0 Å². The van der Waals surface area contributed by atoms with E-state index in [2.05, 4.69) is 10.1 Å². The van der Waals surface area contributed by atoms with Crippen molar-refractivity contribution in [2.24, 2.45) is 0 Å². The number of fused-ring (bicyclic) bond motifs is 4. The highest BCUT2D eigenvalue weighted by Gasteiger charge is 2.48. The summed E-state index contributed by atoms with van der Waals surface area (Å²) in [5.41, 5.74) is 2.53. The molecule has 2 aromatic heterocycles.